The van der Waals surface area contributed by atoms with Crippen molar-refractivity contribution in [2.24, 2.45) is 5.92 Å². The zero-order valence-corrected chi connectivity index (χ0v) is 11.3. The third kappa shape index (κ3) is 2.10. The average Bonchev–Trinajstić information content (AvgIpc) is 3.03. The second kappa shape index (κ2) is 4.85. The molecule has 2 unspecified atom stereocenters. The number of nitrogens with zero attached hydrogens (tertiary/aromatic N) is 1. The summed E-state index contributed by atoms with van der Waals surface area (Å²) in [5.74, 6) is 0.237. The molecule has 4 nitrogen and oxygen atoms in total. The Morgan fingerprint density at radius 2 is 2.37 bits per heavy atom. The fraction of sp³-hybridized carbons (Fsp3) is 0.533. The highest BCUT2D eigenvalue weighted by Crippen LogP contribution is 2.33. The quantitative estimate of drug-likeness (QED) is 0.827. The lowest BCUT2D eigenvalue weighted by Crippen LogP contribution is -2.38. The molecule has 2 heterocycles. The number of hydrogen-bond acceptors (Lipinski definition) is 3. The third-order valence-corrected chi connectivity index (χ3v) is 4.19. The van der Waals surface area contributed by atoms with Crippen molar-refractivity contribution in [1.82, 2.24) is 0 Å². The second-order valence-electron chi connectivity index (χ2n) is 5.34. The van der Waals surface area contributed by atoms with E-state index in [1.807, 2.05) is 23.1 Å². The Morgan fingerprint density at radius 3 is 3.16 bits per heavy atom. The summed E-state index contributed by atoms with van der Waals surface area (Å²) in [6.07, 6.45) is 2.73. The molecule has 0 saturated carbocycles. The van der Waals surface area contributed by atoms with Crippen LogP contribution in [0.15, 0.2) is 18.2 Å². The number of carbonyl (C=O) groups is 1. The molecule has 102 valence electrons. The van der Waals surface area contributed by atoms with E-state index in [2.05, 4.69) is 6.92 Å². The van der Waals surface area contributed by atoms with E-state index >= 15 is 0 Å². The lowest BCUT2D eigenvalue weighted by Gasteiger charge is -2.24. The normalized spacial score (nSPS) is 25.6. The molecule has 1 amide bonds. The van der Waals surface area contributed by atoms with Crippen LogP contribution in [0.2, 0.25) is 0 Å². The van der Waals surface area contributed by atoms with Gasteiger partial charge in [0, 0.05) is 24.5 Å². The van der Waals surface area contributed by atoms with Gasteiger partial charge in [-0.15, -0.1) is 0 Å². The number of nitrogen functional groups attached to an aromatic ring is 1. The summed E-state index contributed by atoms with van der Waals surface area (Å²) in [6, 6.07) is 5.81. The molecule has 2 N–H and O–H groups in total. The van der Waals surface area contributed by atoms with E-state index in [9.17, 15) is 4.79 Å². The molecule has 0 spiro atoms. The van der Waals surface area contributed by atoms with Gasteiger partial charge in [0.1, 0.15) is 0 Å². The number of carbonyl (C=O) groups excluding carboxylic acids is 1. The molecule has 2 aliphatic rings. The molecule has 1 fully saturated rings. The first kappa shape index (κ1) is 12.5. The molecule has 1 saturated heterocycles. The summed E-state index contributed by atoms with van der Waals surface area (Å²) < 4.78 is 5.64. The van der Waals surface area contributed by atoms with Gasteiger partial charge in [-0.3, -0.25) is 4.79 Å². The minimum Gasteiger partial charge on any atom is -0.399 e. The Bertz CT molecular complexity index is 501. The third-order valence-electron chi connectivity index (χ3n) is 4.19. The standard InChI is InChI=1S/C15H20N2O2/c1-2-14-12(6-8-19-14)15(18)17-7-5-10-9-11(16)3-4-13(10)17/h3-4,9,12,14H,2,5-8,16H2,1H3. The lowest BCUT2D eigenvalue weighted by molar-refractivity contribution is -0.123. The van der Waals surface area contributed by atoms with Crippen molar-refractivity contribution < 1.29 is 9.53 Å². The highest BCUT2D eigenvalue weighted by atomic mass is 16.5. The Morgan fingerprint density at radius 1 is 1.53 bits per heavy atom. The fourth-order valence-corrected chi connectivity index (χ4v) is 3.18. The van der Waals surface area contributed by atoms with Gasteiger partial charge in [0.2, 0.25) is 5.91 Å². The Hall–Kier alpha value is -1.55. The number of rotatable bonds is 2. The van der Waals surface area contributed by atoms with Gasteiger partial charge in [-0.25, -0.2) is 0 Å². The minimum absolute atomic E-state index is 0.0218. The molecule has 19 heavy (non-hydrogen) atoms. The van der Waals surface area contributed by atoms with Crippen molar-refractivity contribution in [3.05, 3.63) is 23.8 Å². The number of nitrogens with two attached hydrogens (primary N) is 1. The molecule has 4 heteroatoms. The van der Waals surface area contributed by atoms with Crippen LogP contribution in [-0.2, 0) is 16.0 Å². The monoisotopic (exact) mass is 260 g/mol. The predicted octanol–water partition coefficient (Wildman–Crippen LogP) is 1.97. The van der Waals surface area contributed by atoms with Gasteiger partial charge in [0.15, 0.2) is 0 Å². The van der Waals surface area contributed by atoms with Crippen LogP contribution in [0.1, 0.15) is 25.3 Å². The molecular weight excluding hydrogens is 240 g/mol. The van der Waals surface area contributed by atoms with E-state index in [4.69, 9.17) is 10.5 Å². The number of fused-ring (bicyclic) bond motifs is 1. The summed E-state index contributed by atoms with van der Waals surface area (Å²) in [7, 11) is 0. The van der Waals surface area contributed by atoms with Crippen molar-refractivity contribution in [2.75, 3.05) is 23.8 Å². The maximum Gasteiger partial charge on any atom is 0.232 e. The predicted molar refractivity (Wildman–Crippen MR) is 75.0 cm³/mol. The zero-order chi connectivity index (χ0) is 13.4. The largest absolute Gasteiger partial charge is 0.399 e. The van der Waals surface area contributed by atoms with Crippen LogP contribution in [0.25, 0.3) is 0 Å². The van der Waals surface area contributed by atoms with E-state index in [0.29, 0.717) is 6.61 Å². The zero-order valence-electron chi connectivity index (χ0n) is 11.3. The van der Waals surface area contributed by atoms with Crippen molar-refractivity contribution in [1.29, 1.82) is 0 Å². The summed E-state index contributed by atoms with van der Waals surface area (Å²) in [5.41, 5.74) is 8.77. The van der Waals surface area contributed by atoms with E-state index in [1.54, 1.807) is 0 Å². The lowest BCUT2D eigenvalue weighted by atomic mass is 9.98. The van der Waals surface area contributed by atoms with Crippen LogP contribution >= 0.6 is 0 Å². The molecular formula is C15H20N2O2. The Kier molecular flexibility index (Phi) is 3.19. The van der Waals surface area contributed by atoms with Crippen molar-refractivity contribution in [2.45, 2.75) is 32.3 Å². The molecule has 0 aliphatic carbocycles. The fourth-order valence-electron chi connectivity index (χ4n) is 3.18. The van der Waals surface area contributed by atoms with Crippen LogP contribution in [0.4, 0.5) is 11.4 Å². The number of hydrogen-bond donors (Lipinski definition) is 1. The molecule has 2 atom stereocenters. The summed E-state index contributed by atoms with van der Waals surface area (Å²) in [5, 5.41) is 0. The highest BCUT2D eigenvalue weighted by molar-refractivity contribution is 5.97. The highest BCUT2D eigenvalue weighted by Gasteiger charge is 2.37. The SMILES string of the molecule is CCC1OCCC1C(=O)N1CCc2cc(N)ccc21. The van der Waals surface area contributed by atoms with Crippen LogP contribution in [0, 0.1) is 5.92 Å². The number of anilines is 2. The Labute approximate surface area is 113 Å². The van der Waals surface area contributed by atoms with Gasteiger partial charge in [-0.05, 0) is 43.0 Å². The summed E-state index contributed by atoms with van der Waals surface area (Å²) in [6.45, 7) is 3.55. The maximum atomic E-state index is 12.7. The van der Waals surface area contributed by atoms with E-state index in [-0.39, 0.29) is 17.9 Å². The maximum absolute atomic E-state index is 12.7. The second-order valence-corrected chi connectivity index (χ2v) is 5.34. The van der Waals surface area contributed by atoms with Gasteiger partial charge in [-0.1, -0.05) is 6.92 Å². The van der Waals surface area contributed by atoms with Gasteiger partial charge >= 0.3 is 0 Å². The van der Waals surface area contributed by atoms with Crippen LogP contribution in [-0.4, -0.2) is 25.2 Å². The van der Waals surface area contributed by atoms with Gasteiger partial charge < -0.3 is 15.4 Å². The molecule has 3 rings (SSSR count). The van der Waals surface area contributed by atoms with E-state index < -0.39 is 0 Å². The number of benzene rings is 1. The number of ether oxygens (including phenoxy) is 1. The van der Waals surface area contributed by atoms with E-state index in [0.717, 1.165) is 37.2 Å². The first-order chi connectivity index (χ1) is 9.20. The molecule has 0 radical (unpaired) electrons. The van der Waals surface area contributed by atoms with Crippen molar-refractivity contribution >= 4 is 17.3 Å². The summed E-state index contributed by atoms with van der Waals surface area (Å²) in [4.78, 5) is 14.6. The molecule has 0 aromatic heterocycles. The molecule has 0 bridgehead atoms. The molecule has 2 aliphatic heterocycles. The van der Waals surface area contributed by atoms with Gasteiger partial charge in [0.25, 0.3) is 0 Å². The molecule has 1 aromatic carbocycles. The first-order valence-corrected chi connectivity index (χ1v) is 7.02. The smallest absolute Gasteiger partial charge is 0.232 e. The number of amides is 1. The molecule has 1 aromatic rings. The average molecular weight is 260 g/mol. The van der Waals surface area contributed by atoms with Crippen molar-refractivity contribution in [3.63, 3.8) is 0 Å². The van der Waals surface area contributed by atoms with Gasteiger partial charge in [0.05, 0.1) is 12.0 Å². The minimum atomic E-state index is 0.0218. The Balaban J connectivity index is 1.83. The van der Waals surface area contributed by atoms with Gasteiger partial charge in [-0.2, -0.15) is 0 Å². The van der Waals surface area contributed by atoms with Crippen LogP contribution in [0.5, 0.6) is 0 Å². The van der Waals surface area contributed by atoms with Crippen molar-refractivity contribution in [3.8, 4) is 0 Å². The topological polar surface area (TPSA) is 55.6 Å². The van der Waals surface area contributed by atoms with Crippen LogP contribution in [0.3, 0.4) is 0 Å². The van der Waals surface area contributed by atoms with E-state index in [1.165, 1.54) is 5.56 Å². The first-order valence-electron chi connectivity index (χ1n) is 7.02. The van der Waals surface area contributed by atoms with Crippen LogP contribution < -0.4 is 10.6 Å². The summed E-state index contributed by atoms with van der Waals surface area (Å²) >= 11 is 0.